The van der Waals surface area contributed by atoms with Gasteiger partial charge in [0.05, 0.1) is 13.2 Å². The number of hydrogen-bond acceptors (Lipinski definition) is 7. The van der Waals surface area contributed by atoms with Crippen LogP contribution in [0, 0.1) is 5.92 Å². The second kappa shape index (κ2) is 7.95. The molecule has 6 unspecified atom stereocenters. The summed E-state index contributed by atoms with van der Waals surface area (Å²) in [6, 6.07) is 2.67. The Morgan fingerprint density at radius 2 is 1.83 bits per heavy atom. The minimum Gasteiger partial charge on any atom is -0.379 e. The molecule has 1 aliphatic carbocycles. The molecule has 0 radical (unpaired) electrons. The molecule has 5 N–H and O–H groups in total. The highest BCUT2D eigenvalue weighted by atomic mass is 16.5. The molecule has 3 aliphatic heterocycles. The Bertz CT molecular complexity index is 412. The fourth-order valence-corrected chi connectivity index (χ4v) is 4.81. The zero-order chi connectivity index (χ0) is 16.4. The summed E-state index contributed by atoms with van der Waals surface area (Å²) in [7, 11) is 0. The summed E-state index contributed by atoms with van der Waals surface area (Å²) in [4.78, 5) is 0. The van der Waals surface area contributed by atoms with E-state index in [1.54, 1.807) is 0 Å². The summed E-state index contributed by atoms with van der Waals surface area (Å²) in [6.07, 6.45) is 5.90. The minimum absolute atomic E-state index is 0.0604. The summed E-state index contributed by atoms with van der Waals surface area (Å²) in [5, 5.41) is 10.9. The highest BCUT2D eigenvalue weighted by Gasteiger charge is 2.44. The van der Waals surface area contributed by atoms with Gasteiger partial charge < -0.3 is 14.8 Å². The molecular formula is C17H33N5O2. The van der Waals surface area contributed by atoms with E-state index in [4.69, 9.17) is 9.47 Å². The van der Waals surface area contributed by atoms with Gasteiger partial charge in [0.15, 0.2) is 6.35 Å². The monoisotopic (exact) mass is 339 g/mol. The van der Waals surface area contributed by atoms with Crippen molar-refractivity contribution in [2.45, 2.75) is 75.6 Å². The summed E-state index contributed by atoms with van der Waals surface area (Å²) in [5.41, 5.74) is 7.16. The van der Waals surface area contributed by atoms with Gasteiger partial charge in [-0.25, -0.2) is 0 Å². The SMILES string of the molecule is C[C@H]1CCOCCOC2NCCC(N2)C2NNC3CCC(CC32)N1. The van der Waals surface area contributed by atoms with E-state index in [1.165, 1.54) is 19.3 Å². The summed E-state index contributed by atoms with van der Waals surface area (Å²) in [5.74, 6) is 0.682. The Labute approximate surface area is 145 Å². The van der Waals surface area contributed by atoms with Crippen molar-refractivity contribution in [1.29, 1.82) is 0 Å². The number of nitrogens with one attached hydrogen (secondary N) is 5. The van der Waals surface area contributed by atoms with E-state index in [1.807, 2.05) is 0 Å². The average Bonchev–Trinajstić information content (AvgIpc) is 3.01. The van der Waals surface area contributed by atoms with Gasteiger partial charge in [-0.05, 0) is 44.9 Å². The first kappa shape index (κ1) is 17.1. The molecule has 0 aromatic carbocycles. The van der Waals surface area contributed by atoms with E-state index in [0.717, 1.165) is 26.0 Å². The molecule has 4 bridgehead atoms. The largest absolute Gasteiger partial charge is 0.379 e. The van der Waals surface area contributed by atoms with Gasteiger partial charge in [-0.15, -0.1) is 0 Å². The molecule has 0 aromatic heterocycles. The van der Waals surface area contributed by atoms with Crippen LogP contribution in [0.15, 0.2) is 0 Å². The lowest BCUT2D eigenvalue weighted by atomic mass is 9.76. The lowest BCUT2D eigenvalue weighted by Crippen LogP contribution is -2.62. The van der Waals surface area contributed by atoms with Crippen LogP contribution in [0.2, 0.25) is 0 Å². The van der Waals surface area contributed by atoms with E-state index in [2.05, 4.69) is 33.7 Å². The van der Waals surface area contributed by atoms with Gasteiger partial charge in [0.1, 0.15) is 0 Å². The van der Waals surface area contributed by atoms with Gasteiger partial charge in [0.25, 0.3) is 0 Å². The highest BCUT2D eigenvalue weighted by molar-refractivity contribution is 5.02. The van der Waals surface area contributed by atoms with Gasteiger partial charge in [0, 0.05) is 43.4 Å². The molecule has 7 heteroatoms. The van der Waals surface area contributed by atoms with Crippen LogP contribution in [0.25, 0.3) is 0 Å². The van der Waals surface area contributed by atoms with E-state index >= 15 is 0 Å². The van der Waals surface area contributed by atoms with Crippen LogP contribution in [0.1, 0.15) is 39.0 Å². The van der Waals surface area contributed by atoms with E-state index < -0.39 is 0 Å². The average molecular weight is 339 g/mol. The first-order valence-electron chi connectivity index (χ1n) is 9.75. The third kappa shape index (κ3) is 3.93. The predicted molar refractivity (Wildman–Crippen MR) is 92.3 cm³/mol. The number of rotatable bonds is 0. The smallest absolute Gasteiger partial charge is 0.163 e. The van der Waals surface area contributed by atoms with Crippen molar-refractivity contribution >= 4 is 0 Å². The molecule has 0 aromatic rings. The van der Waals surface area contributed by atoms with Crippen LogP contribution >= 0.6 is 0 Å². The molecule has 7 nitrogen and oxygen atoms in total. The van der Waals surface area contributed by atoms with Crippen molar-refractivity contribution in [3.8, 4) is 0 Å². The van der Waals surface area contributed by atoms with Crippen molar-refractivity contribution in [1.82, 2.24) is 26.8 Å². The third-order valence-corrected chi connectivity index (χ3v) is 6.11. The van der Waals surface area contributed by atoms with Crippen molar-refractivity contribution in [2.75, 3.05) is 26.4 Å². The predicted octanol–water partition coefficient (Wildman–Crippen LogP) is -0.350. The topological polar surface area (TPSA) is 78.6 Å². The molecule has 3 saturated heterocycles. The van der Waals surface area contributed by atoms with Gasteiger partial charge in [-0.2, -0.15) is 0 Å². The zero-order valence-corrected chi connectivity index (χ0v) is 14.7. The molecule has 3 heterocycles. The Morgan fingerprint density at radius 3 is 2.79 bits per heavy atom. The first-order chi connectivity index (χ1) is 11.8. The van der Waals surface area contributed by atoms with Crippen LogP contribution in [0.5, 0.6) is 0 Å². The second-order valence-corrected chi connectivity index (χ2v) is 7.83. The second-order valence-electron chi connectivity index (χ2n) is 7.83. The molecule has 4 rings (SSSR count). The Morgan fingerprint density at radius 1 is 0.875 bits per heavy atom. The van der Waals surface area contributed by atoms with E-state index in [-0.39, 0.29) is 6.35 Å². The van der Waals surface area contributed by atoms with E-state index in [0.29, 0.717) is 49.3 Å². The molecule has 138 valence electrons. The maximum atomic E-state index is 5.92. The van der Waals surface area contributed by atoms with Crippen LogP contribution in [0.4, 0.5) is 0 Å². The number of fused-ring (bicyclic) bond motifs is 4. The van der Waals surface area contributed by atoms with Gasteiger partial charge in [-0.1, -0.05) is 0 Å². The quantitative estimate of drug-likeness (QED) is 0.413. The van der Waals surface area contributed by atoms with Crippen LogP contribution in [0.3, 0.4) is 0 Å². The molecule has 0 spiro atoms. The third-order valence-electron chi connectivity index (χ3n) is 6.11. The number of hydrazine groups is 1. The maximum absolute atomic E-state index is 5.92. The summed E-state index contributed by atoms with van der Waals surface area (Å²) < 4.78 is 11.6. The molecule has 0 amide bonds. The van der Waals surface area contributed by atoms with Crippen molar-refractivity contribution < 1.29 is 9.47 Å². The Balaban J connectivity index is 1.46. The highest BCUT2D eigenvalue weighted by Crippen LogP contribution is 2.33. The fraction of sp³-hybridized carbons (Fsp3) is 1.00. The molecule has 4 fully saturated rings. The lowest BCUT2D eigenvalue weighted by molar-refractivity contribution is -0.0459. The van der Waals surface area contributed by atoms with Crippen molar-refractivity contribution in [3.63, 3.8) is 0 Å². The Hall–Kier alpha value is -0.280. The summed E-state index contributed by atoms with van der Waals surface area (Å²) >= 11 is 0. The van der Waals surface area contributed by atoms with Gasteiger partial charge >= 0.3 is 0 Å². The standard InChI is InChI=1S/C17H33N5O2/c1-11-5-7-23-8-9-24-17-18-6-4-15(20-17)16-13-10-12(19-11)2-3-14(13)21-22-16/h11-22H,2-10H2,1H3/t11-,12?,13?,14?,15?,16?,17?/m0/s1. The van der Waals surface area contributed by atoms with E-state index in [9.17, 15) is 0 Å². The fourth-order valence-electron chi connectivity index (χ4n) is 4.81. The Kier molecular flexibility index (Phi) is 5.68. The molecule has 1 saturated carbocycles. The first-order valence-corrected chi connectivity index (χ1v) is 9.75. The molecule has 24 heavy (non-hydrogen) atoms. The summed E-state index contributed by atoms with van der Waals surface area (Å²) in [6.45, 7) is 5.37. The molecular weight excluding hydrogens is 306 g/mol. The van der Waals surface area contributed by atoms with Crippen molar-refractivity contribution in [2.24, 2.45) is 5.92 Å². The van der Waals surface area contributed by atoms with Crippen molar-refractivity contribution in [3.05, 3.63) is 0 Å². The lowest BCUT2D eigenvalue weighted by Gasteiger charge is -2.40. The van der Waals surface area contributed by atoms with Gasteiger partial charge in [-0.3, -0.25) is 21.5 Å². The van der Waals surface area contributed by atoms with Crippen LogP contribution < -0.4 is 26.8 Å². The molecule has 4 aliphatic rings. The van der Waals surface area contributed by atoms with Crippen LogP contribution in [-0.4, -0.2) is 62.9 Å². The molecule has 7 atom stereocenters. The number of hydrogen-bond donors (Lipinski definition) is 5. The van der Waals surface area contributed by atoms with Crippen LogP contribution in [-0.2, 0) is 9.47 Å². The zero-order valence-electron chi connectivity index (χ0n) is 14.7. The maximum Gasteiger partial charge on any atom is 0.163 e. The normalized spacial score (nSPS) is 47.6. The minimum atomic E-state index is -0.0604. The number of ether oxygens (including phenoxy) is 2. The van der Waals surface area contributed by atoms with Gasteiger partial charge in [0.2, 0.25) is 0 Å².